The predicted molar refractivity (Wildman–Crippen MR) is 113 cm³/mol. The summed E-state index contributed by atoms with van der Waals surface area (Å²) in [6.45, 7) is 6.45. The van der Waals surface area contributed by atoms with Crippen molar-refractivity contribution in [3.8, 4) is 11.5 Å². The Morgan fingerprint density at radius 3 is 1.54 bits per heavy atom. The quantitative estimate of drug-likeness (QED) is 0.585. The Bertz CT molecular complexity index is 782. The van der Waals surface area contributed by atoms with Gasteiger partial charge in [-0.2, -0.15) is 4.31 Å². The van der Waals surface area contributed by atoms with Crippen LogP contribution in [0.15, 0.2) is 48.5 Å². The van der Waals surface area contributed by atoms with Gasteiger partial charge in [0.1, 0.15) is 11.5 Å². The van der Waals surface area contributed by atoms with E-state index in [1.807, 2.05) is 62.4 Å². The normalized spacial score (nSPS) is 13.9. The molecule has 0 unspecified atom stereocenters. The first-order valence-corrected chi connectivity index (χ1v) is 11.1. The smallest absolute Gasteiger partial charge is 0.217 e. The summed E-state index contributed by atoms with van der Waals surface area (Å²) < 4.78 is 38.7. The molecule has 0 spiro atoms. The number of benzene rings is 2. The number of hydrogen-bond acceptors (Lipinski definition) is 4. The Labute approximate surface area is 169 Å². The van der Waals surface area contributed by atoms with E-state index in [0.29, 0.717) is 13.1 Å². The summed E-state index contributed by atoms with van der Waals surface area (Å²) in [4.78, 5) is 0. The van der Waals surface area contributed by atoms with E-state index in [1.54, 1.807) is 25.4 Å². The van der Waals surface area contributed by atoms with Gasteiger partial charge in [-0.1, -0.05) is 44.5 Å². The molecule has 2 rings (SSSR count). The van der Waals surface area contributed by atoms with Gasteiger partial charge in [0.15, 0.2) is 0 Å². The maximum absolute atomic E-state index is 13.4. The molecule has 0 amide bonds. The number of rotatable bonds is 10. The predicted octanol–water partition coefficient (Wildman–Crippen LogP) is 4.47. The first kappa shape index (κ1) is 22.2. The van der Waals surface area contributed by atoms with Crippen LogP contribution in [0.3, 0.4) is 0 Å². The standard InChI is InChI=1S/C22H31NO4S/c1-6-17(2)18(3)28(24,25)23(15-19-7-11-21(26-4)12-8-19)16-20-9-13-22(27-5)14-10-20/h7-14,17-18H,6,15-16H2,1-5H3/t17-,18+/m0/s1. The highest BCUT2D eigenvalue weighted by Crippen LogP contribution is 2.24. The van der Waals surface area contributed by atoms with Crippen molar-refractivity contribution >= 4 is 10.0 Å². The lowest BCUT2D eigenvalue weighted by atomic mass is 10.1. The molecule has 0 bridgehead atoms. The third-order valence-electron chi connectivity index (χ3n) is 5.31. The fourth-order valence-corrected chi connectivity index (χ4v) is 4.87. The maximum atomic E-state index is 13.4. The van der Waals surface area contributed by atoms with Gasteiger partial charge in [-0.3, -0.25) is 0 Å². The molecule has 154 valence electrons. The fraction of sp³-hybridized carbons (Fsp3) is 0.455. The first-order chi connectivity index (χ1) is 13.3. The van der Waals surface area contributed by atoms with Gasteiger partial charge >= 0.3 is 0 Å². The molecule has 0 aromatic heterocycles. The minimum atomic E-state index is -3.47. The average Bonchev–Trinajstić information content (AvgIpc) is 2.73. The third kappa shape index (κ3) is 5.49. The van der Waals surface area contributed by atoms with Crippen LogP contribution in [-0.2, 0) is 23.1 Å². The minimum Gasteiger partial charge on any atom is -0.497 e. The molecule has 0 radical (unpaired) electrons. The highest BCUT2D eigenvalue weighted by molar-refractivity contribution is 7.89. The number of methoxy groups -OCH3 is 2. The van der Waals surface area contributed by atoms with Gasteiger partial charge < -0.3 is 9.47 Å². The van der Waals surface area contributed by atoms with Gasteiger partial charge in [0.2, 0.25) is 10.0 Å². The Morgan fingerprint density at radius 1 is 0.821 bits per heavy atom. The largest absolute Gasteiger partial charge is 0.497 e. The second-order valence-electron chi connectivity index (χ2n) is 7.10. The summed E-state index contributed by atoms with van der Waals surface area (Å²) in [5, 5.41) is -0.450. The maximum Gasteiger partial charge on any atom is 0.217 e. The van der Waals surface area contributed by atoms with Gasteiger partial charge in [-0.25, -0.2) is 8.42 Å². The number of sulfonamides is 1. The van der Waals surface area contributed by atoms with Crippen LogP contribution < -0.4 is 9.47 Å². The van der Waals surface area contributed by atoms with Crippen LogP contribution in [0.5, 0.6) is 11.5 Å². The van der Waals surface area contributed by atoms with E-state index in [2.05, 4.69) is 0 Å². The summed E-state index contributed by atoms with van der Waals surface area (Å²) in [6.07, 6.45) is 0.819. The summed E-state index contributed by atoms with van der Waals surface area (Å²) in [6, 6.07) is 15.0. The average molecular weight is 406 g/mol. The van der Waals surface area contributed by atoms with Gasteiger partial charge in [0, 0.05) is 13.1 Å². The highest BCUT2D eigenvalue weighted by atomic mass is 32.2. The lowest BCUT2D eigenvalue weighted by Gasteiger charge is -2.29. The molecule has 6 heteroatoms. The molecule has 0 aliphatic rings. The molecule has 2 atom stereocenters. The second-order valence-corrected chi connectivity index (χ2v) is 9.39. The molecule has 28 heavy (non-hydrogen) atoms. The molecular weight excluding hydrogens is 374 g/mol. The van der Waals surface area contributed by atoms with Gasteiger partial charge in [-0.05, 0) is 48.2 Å². The molecule has 0 saturated carbocycles. The zero-order valence-corrected chi connectivity index (χ0v) is 18.2. The van der Waals surface area contributed by atoms with Gasteiger partial charge in [-0.15, -0.1) is 0 Å². The summed E-state index contributed by atoms with van der Waals surface area (Å²) in [7, 11) is -0.241. The zero-order chi connectivity index (χ0) is 20.7. The van der Waals surface area contributed by atoms with Crippen LogP contribution in [0, 0.1) is 5.92 Å². The first-order valence-electron chi connectivity index (χ1n) is 9.56. The molecule has 5 nitrogen and oxygen atoms in total. The van der Waals surface area contributed by atoms with Crippen LogP contribution in [0.4, 0.5) is 0 Å². The van der Waals surface area contributed by atoms with Crippen molar-refractivity contribution in [1.82, 2.24) is 4.31 Å². The molecule has 2 aromatic rings. The topological polar surface area (TPSA) is 55.8 Å². The lowest BCUT2D eigenvalue weighted by molar-refractivity contribution is 0.379. The summed E-state index contributed by atoms with van der Waals surface area (Å²) >= 11 is 0. The monoisotopic (exact) mass is 405 g/mol. The van der Waals surface area contributed by atoms with Crippen LogP contribution in [0.1, 0.15) is 38.3 Å². The van der Waals surface area contributed by atoms with E-state index in [0.717, 1.165) is 29.0 Å². The molecule has 2 aromatic carbocycles. The third-order valence-corrected chi connectivity index (χ3v) is 7.69. The van der Waals surface area contributed by atoms with Crippen molar-refractivity contribution in [2.24, 2.45) is 5.92 Å². The van der Waals surface area contributed by atoms with Crippen molar-refractivity contribution in [3.05, 3.63) is 59.7 Å². The Morgan fingerprint density at radius 2 is 1.21 bits per heavy atom. The molecule has 0 heterocycles. The zero-order valence-electron chi connectivity index (χ0n) is 17.4. The van der Waals surface area contributed by atoms with Gasteiger partial charge in [0.05, 0.1) is 19.5 Å². The second kappa shape index (κ2) is 9.94. The van der Waals surface area contributed by atoms with E-state index in [1.165, 1.54) is 0 Å². The fourth-order valence-electron chi connectivity index (χ4n) is 2.97. The Kier molecular flexibility index (Phi) is 7.89. The minimum absolute atomic E-state index is 0.0826. The Balaban J connectivity index is 2.32. The molecule has 0 aliphatic carbocycles. The van der Waals surface area contributed by atoms with Crippen molar-refractivity contribution in [2.75, 3.05) is 14.2 Å². The molecule has 0 saturated heterocycles. The number of hydrogen-bond donors (Lipinski definition) is 0. The van der Waals surface area contributed by atoms with E-state index >= 15 is 0 Å². The van der Waals surface area contributed by atoms with E-state index in [9.17, 15) is 8.42 Å². The summed E-state index contributed by atoms with van der Waals surface area (Å²) in [5.74, 6) is 1.59. The summed E-state index contributed by atoms with van der Waals surface area (Å²) in [5.41, 5.74) is 1.85. The number of ether oxygens (including phenoxy) is 2. The van der Waals surface area contributed by atoms with Crippen molar-refractivity contribution in [1.29, 1.82) is 0 Å². The molecule has 0 fully saturated rings. The Hall–Kier alpha value is -2.05. The van der Waals surface area contributed by atoms with Crippen LogP contribution >= 0.6 is 0 Å². The SMILES string of the molecule is CC[C@H](C)[C@@H](C)S(=O)(=O)N(Cc1ccc(OC)cc1)Cc1ccc(OC)cc1. The lowest BCUT2D eigenvalue weighted by Crippen LogP contribution is -2.39. The van der Waals surface area contributed by atoms with Crippen molar-refractivity contribution < 1.29 is 17.9 Å². The van der Waals surface area contributed by atoms with Crippen LogP contribution in [0.25, 0.3) is 0 Å². The van der Waals surface area contributed by atoms with Crippen molar-refractivity contribution in [3.63, 3.8) is 0 Å². The van der Waals surface area contributed by atoms with Crippen molar-refractivity contribution in [2.45, 2.75) is 45.5 Å². The highest BCUT2D eigenvalue weighted by Gasteiger charge is 2.32. The molecular formula is C22H31NO4S. The van der Waals surface area contributed by atoms with Crippen LogP contribution in [-0.4, -0.2) is 32.2 Å². The van der Waals surface area contributed by atoms with E-state index in [-0.39, 0.29) is 5.92 Å². The van der Waals surface area contributed by atoms with Crippen LogP contribution in [0.2, 0.25) is 0 Å². The van der Waals surface area contributed by atoms with E-state index in [4.69, 9.17) is 9.47 Å². The van der Waals surface area contributed by atoms with Gasteiger partial charge in [0.25, 0.3) is 0 Å². The number of nitrogens with zero attached hydrogens (tertiary/aromatic N) is 1. The molecule has 0 N–H and O–H groups in total. The molecule has 0 aliphatic heterocycles. The van der Waals surface area contributed by atoms with E-state index < -0.39 is 15.3 Å².